The van der Waals surface area contributed by atoms with Crippen molar-refractivity contribution in [1.29, 1.82) is 0 Å². The molecule has 1 N–H and O–H groups in total. The third-order valence-corrected chi connectivity index (χ3v) is 8.18. The van der Waals surface area contributed by atoms with Gasteiger partial charge in [-0.2, -0.15) is 0 Å². The van der Waals surface area contributed by atoms with Crippen LogP contribution in [0.3, 0.4) is 0 Å². The van der Waals surface area contributed by atoms with Crippen LogP contribution in [0.25, 0.3) is 5.69 Å². The van der Waals surface area contributed by atoms with Gasteiger partial charge in [0.1, 0.15) is 11.4 Å². The first-order valence-electron chi connectivity index (χ1n) is 13.3. The van der Waals surface area contributed by atoms with Crippen molar-refractivity contribution in [3.05, 3.63) is 64.5 Å². The van der Waals surface area contributed by atoms with Crippen molar-refractivity contribution in [3.63, 3.8) is 0 Å². The van der Waals surface area contributed by atoms with E-state index in [1.165, 1.54) is 35.1 Å². The lowest BCUT2D eigenvalue weighted by Gasteiger charge is -2.42. The third-order valence-electron chi connectivity index (χ3n) is 8.18. The standard InChI is InChI=1S/C30H39N5O2/c1-19-14-24-25(30(5,6)13-12-29(24,3)4)15-21(19)18-34(23-9-10-23)28(36)31-22-8-11-26(27(16-22)37-7)35-17-20(2)32-33-35/h8,11,14-17,23H,9-10,12-13,18H2,1-7H3,(H,31,36). The molecule has 7 heteroatoms. The monoisotopic (exact) mass is 501 g/mol. The lowest BCUT2D eigenvalue weighted by Crippen LogP contribution is -2.37. The molecule has 5 rings (SSSR count). The van der Waals surface area contributed by atoms with Gasteiger partial charge in [0, 0.05) is 24.3 Å². The molecule has 1 aromatic heterocycles. The molecule has 0 radical (unpaired) electrons. The number of rotatable bonds is 6. The van der Waals surface area contributed by atoms with E-state index in [0.29, 0.717) is 18.0 Å². The van der Waals surface area contributed by atoms with Crippen LogP contribution < -0.4 is 10.1 Å². The molecule has 1 heterocycles. The fourth-order valence-corrected chi connectivity index (χ4v) is 5.48. The number of carbonyl (C=O) groups excluding carboxylic acids is 1. The van der Waals surface area contributed by atoms with Crippen molar-refractivity contribution in [2.24, 2.45) is 0 Å². The van der Waals surface area contributed by atoms with Crippen LogP contribution >= 0.6 is 0 Å². The van der Waals surface area contributed by atoms with E-state index < -0.39 is 0 Å². The summed E-state index contributed by atoms with van der Waals surface area (Å²) in [5.74, 6) is 0.621. The van der Waals surface area contributed by atoms with E-state index in [2.05, 4.69) is 62.4 Å². The average Bonchev–Trinajstić information content (AvgIpc) is 3.60. The number of nitrogens with one attached hydrogen (secondary N) is 1. The third kappa shape index (κ3) is 4.96. The molecule has 2 aromatic carbocycles. The second kappa shape index (κ2) is 9.19. The van der Waals surface area contributed by atoms with Crippen LogP contribution in [-0.2, 0) is 17.4 Å². The van der Waals surface area contributed by atoms with Crippen molar-refractivity contribution in [2.45, 2.75) is 90.6 Å². The zero-order valence-corrected chi connectivity index (χ0v) is 23.2. The number of fused-ring (bicyclic) bond motifs is 1. The van der Waals surface area contributed by atoms with E-state index in [9.17, 15) is 4.79 Å². The zero-order valence-electron chi connectivity index (χ0n) is 23.2. The lowest BCUT2D eigenvalue weighted by molar-refractivity contribution is 0.206. The maximum atomic E-state index is 13.5. The second-order valence-corrected chi connectivity index (χ2v) is 12.1. The van der Waals surface area contributed by atoms with Crippen LogP contribution in [0, 0.1) is 13.8 Å². The molecule has 7 nitrogen and oxygen atoms in total. The highest BCUT2D eigenvalue weighted by atomic mass is 16.5. The fourth-order valence-electron chi connectivity index (χ4n) is 5.48. The number of anilines is 1. The number of amides is 2. The Hall–Kier alpha value is -3.35. The number of carbonyl (C=O) groups is 1. The van der Waals surface area contributed by atoms with E-state index >= 15 is 0 Å². The van der Waals surface area contributed by atoms with Crippen molar-refractivity contribution in [2.75, 3.05) is 12.4 Å². The summed E-state index contributed by atoms with van der Waals surface area (Å²) in [5, 5.41) is 11.3. The van der Waals surface area contributed by atoms with Gasteiger partial charge in [0.25, 0.3) is 0 Å². The zero-order chi connectivity index (χ0) is 26.5. The summed E-state index contributed by atoms with van der Waals surface area (Å²) in [7, 11) is 1.62. The summed E-state index contributed by atoms with van der Waals surface area (Å²) in [4.78, 5) is 15.5. The Morgan fingerprint density at radius 3 is 2.35 bits per heavy atom. The van der Waals surface area contributed by atoms with Crippen LogP contribution in [0.4, 0.5) is 10.5 Å². The SMILES string of the molecule is COc1cc(NC(=O)N(Cc2cc3c(cc2C)C(C)(C)CCC3(C)C)C2CC2)ccc1-n1cc(C)nn1. The van der Waals surface area contributed by atoms with E-state index in [0.717, 1.165) is 24.2 Å². The summed E-state index contributed by atoms with van der Waals surface area (Å²) in [6, 6.07) is 10.6. The molecule has 1 fully saturated rings. The van der Waals surface area contributed by atoms with Gasteiger partial charge in [-0.3, -0.25) is 0 Å². The molecule has 2 amide bonds. The number of urea groups is 1. The molecule has 0 bridgehead atoms. The minimum atomic E-state index is -0.0781. The van der Waals surface area contributed by atoms with Gasteiger partial charge < -0.3 is 15.0 Å². The first kappa shape index (κ1) is 25.3. The van der Waals surface area contributed by atoms with Crippen molar-refractivity contribution in [3.8, 4) is 11.4 Å². The van der Waals surface area contributed by atoms with Crippen LogP contribution in [-0.4, -0.2) is 39.1 Å². The molecule has 196 valence electrons. The Bertz CT molecular complexity index is 1340. The van der Waals surface area contributed by atoms with Gasteiger partial charge in [0.05, 0.1) is 19.0 Å². The van der Waals surface area contributed by atoms with Crippen molar-refractivity contribution < 1.29 is 9.53 Å². The van der Waals surface area contributed by atoms with E-state index in [1.807, 2.05) is 36.2 Å². The predicted molar refractivity (Wildman–Crippen MR) is 147 cm³/mol. The molecule has 0 aliphatic heterocycles. The summed E-state index contributed by atoms with van der Waals surface area (Å²) in [6.07, 6.45) is 6.30. The number of benzene rings is 2. The number of methoxy groups -OCH3 is 1. The molecular formula is C30H39N5O2. The quantitative estimate of drug-likeness (QED) is 0.422. The Labute approximate surface area is 220 Å². The van der Waals surface area contributed by atoms with Crippen LogP contribution in [0.1, 0.15) is 81.3 Å². The number of ether oxygens (including phenoxy) is 1. The highest BCUT2D eigenvalue weighted by Gasteiger charge is 2.38. The average molecular weight is 502 g/mol. The molecule has 0 saturated heterocycles. The smallest absolute Gasteiger partial charge is 0.322 e. The normalized spacial score (nSPS) is 17.7. The van der Waals surface area contributed by atoms with Crippen molar-refractivity contribution in [1.82, 2.24) is 19.9 Å². The van der Waals surface area contributed by atoms with E-state index in [-0.39, 0.29) is 22.9 Å². The molecule has 37 heavy (non-hydrogen) atoms. The van der Waals surface area contributed by atoms with Crippen LogP contribution in [0.15, 0.2) is 36.5 Å². The van der Waals surface area contributed by atoms with Crippen LogP contribution in [0.5, 0.6) is 5.75 Å². The number of hydrogen-bond donors (Lipinski definition) is 1. The van der Waals surface area contributed by atoms with Crippen LogP contribution in [0.2, 0.25) is 0 Å². The van der Waals surface area contributed by atoms with Gasteiger partial charge in [-0.05, 0) is 84.7 Å². The molecule has 1 saturated carbocycles. The minimum Gasteiger partial charge on any atom is -0.494 e. The van der Waals surface area contributed by atoms with E-state index in [4.69, 9.17) is 4.74 Å². The maximum Gasteiger partial charge on any atom is 0.322 e. The van der Waals surface area contributed by atoms with Crippen molar-refractivity contribution >= 4 is 11.7 Å². The second-order valence-electron chi connectivity index (χ2n) is 12.1. The highest BCUT2D eigenvalue weighted by Crippen LogP contribution is 2.46. The minimum absolute atomic E-state index is 0.0781. The summed E-state index contributed by atoms with van der Waals surface area (Å²) in [5.41, 5.74) is 8.00. The Balaban J connectivity index is 1.39. The maximum absolute atomic E-state index is 13.5. The largest absolute Gasteiger partial charge is 0.494 e. The molecule has 0 spiro atoms. The Morgan fingerprint density at radius 2 is 1.76 bits per heavy atom. The molecule has 0 unspecified atom stereocenters. The Morgan fingerprint density at radius 1 is 1.08 bits per heavy atom. The molecule has 2 aliphatic carbocycles. The molecule has 0 atom stereocenters. The van der Waals surface area contributed by atoms with E-state index in [1.54, 1.807) is 11.8 Å². The van der Waals surface area contributed by atoms with Gasteiger partial charge >= 0.3 is 6.03 Å². The molecular weight excluding hydrogens is 462 g/mol. The first-order valence-corrected chi connectivity index (χ1v) is 13.3. The van der Waals surface area contributed by atoms with Gasteiger partial charge in [-0.25, -0.2) is 9.48 Å². The highest BCUT2D eigenvalue weighted by molar-refractivity contribution is 5.90. The lowest BCUT2D eigenvalue weighted by atomic mass is 9.62. The summed E-state index contributed by atoms with van der Waals surface area (Å²) >= 11 is 0. The first-order chi connectivity index (χ1) is 17.5. The molecule has 3 aromatic rings. The fraction of sp³-hybridized carbons (Fsp3) is 0.500. The Kier molecular flexibility index (Phi) is 6.29. The number of hydrogen-bond acceptors (Lipinski definition) is 4. The topological polar surface area (TPSA) is 72.3 Å². The number of aryl methyl sites for hydroxylation is 2. The van der Waals surface area contributed by atoms with Gasteiger partial charge in [0.2, 0.25) is 0 Å². The number of aromatic nitrogens is 3. The summed E-state index contributed by atoms with van der Waals surface area (Å²) in [6.45, 7) is 14.1. The van der Waals surface area contributed by atoms with Gasteiger partial charge in [0.15, 0.2) is 0 Å². The van der Waals surface area contributed by atoms with Gasteiger partial charge in [-0.15, -0.1) is 5.10 Å². The predicted octanol–water partition coefficient (Wildman–Crippen LogP) is 6.44. The molecule has 2 aliphatic rings. The number of nitrogens with zero attached hydrogens (tertiary/aromatic N) is 4. The van der Waals surface area contributed by atoms with Gasteiger partial charge in [-0.1, -0.05) is 45.0 Å². The summed E-state index contributed by atoms with van der Waals surface area (Å²) < 4.78 is 7.28.